The predicted molar refractivity (Wildman–Crippen MR) is 108 cm³/mol. The second-order valence-corrected chi connectivity index (χ2v) is 7.33. The summed E-state index contributed by atoms with van der Waals surface area (Å²) in [6, 6.07) is 16.0. The molecule has 2 aromatic rings. The van der Waals surface area contributed by atoms with Crippen LogP contribution in [0.5, 0.6) is 5.75 Å². The number of hydrogen-bond acceptors (Lipinski definition) is 4. The van der Waals surface area contributed by atoms with Gasteiger partial charge in [-0.3, -0.25) is 9.69 Å². The first-order valence-corrected chi connectivity index (χ1v) is 9.78. The molecule has 0 spiro atoms. The molecular weight excluding hydrogens is 376 g/mol. The van der Waals surface area contributed by atoms with Crippen LogP contribution in [0.3, 0.4) is 0 Å². The number of rotatable bonds is 8. The van der Waals surface area contributed by atoms with E-state index in [1.54, 1.807) is 12.1 Å². The highest BCUT2D eigenvalue weighted by molar-refractivity contribution is 5.79. The van der Waals surface area contributed by atoms with Gasteiger partial charge in [-0.1, -0.05) is 42.5 Å². The molecule has 5 nitrogen and oxygen atoms in total. The lowest BCUT2D eigenvalue weighted by atomic mass is 10.0. The zero-order valence-electron chi connectivity index (χ0n) is 16.6. The SMILES string of the molecule is CN1CCN(CC(NC(=O)Cc2ccc(OC(F)F)cc2)c2ccccc2)CC1. The Morgan fingerprint density at radius 3 is 2.31 bits per heavy atom. The number of nitrogens with one attached hydrogen (secondary N) is 1. The topological polar surface area (TPSA) is 44.8 Å². The summed E-state index contributed by atoms with van der Waals surface area (Å²) >= 11 is 0. The minimum Gasteiger partial charge on any atom is -0.435 e. The maximum absolute atomic E-state index is 12.7. The maximum atomic E-state index is 12.7. The number of nitrogens with zero attached hydrogens (tertiary/aromatic N) is 2. The Morgan fingerprint density at radius 1 is 1.03 bits per heavy atom. The molecule has 156 valence electrons. The van der Waals surface area contributed by atoms with Crippen molar-refractivity contribution < 1.29 is 18.3 Å². The van der Waals surface area contributed by atoms with Crippen LogP contribution < -0.4 is 10.1 Å². The molecule has 3 rings (SSSR count). The van der Waals surface area contributed by atoms with Crippen LogP contribution >= 0.6 is 0 Å². The molecule has 1 aliphatic rings. The van der Waals surface area contributed by atoms with Gasteiger partial charge < -0.3 is 15.0 Å². The van der Waals surface area contributed by atoms with Gasteiger partial charge in [0.25, 0.3) is 0 Å². The zero-order chi connectivity index (χ0) is 20.6. The molecule has 1 N–H and O–H groups in total. The first kappa shape index (κ1) is 21.2. The number of ether oxygens (including phenoxy) is 1. The monoisotopic (exact) mass is 403 g/mol. The first-order valence-electron chi connectivity index (χ1n) is 9.78. The molecule has 0 aliphatic carbocycles. The fourth-order valence-electron chi connectivity index (χ4n) is 3.43. The number of hydrogen-bond donors (Lipinski definition) is 1. The molecular formula is C22H27F2N3O2. The third-order valence-corrected chi connectivity index (χ3v) is 5.09. The molecule has 0 aromatic heterocycles. The third-order valence-electron chi connectivity index (χ3n) is 5.09. The molecule has 0 saturated carbocycles. The second-order valence-electron chi connectivity index (χ2n) is 7.33. The first-order chi connectivity index (χ1) is 14.0. The Labute approximate surface area is 170 Å². The number of carbonyl (C=O) groups excluding carboxylic acids is 1. The summed E-state index contributed by atoms with van der Waals surface area (Å²) in [6.45, 7) is 1.88. The summed E-state index contributed by atoms with van der Waals surface area (Å²) < 4.78 is 28.9. The number of alkyl halides is 2. The molecule has 1 amide bonds. The van der Waals surface area contributed by atoms with Crippen LogP contribution in [-0.2, 0) is 11.2 Å². The van der Waals surface area contributed by atoms with Crippen LogP contribution in [0.25, 0.3) is 0 Å². The van der Waals surface area contributed by atoms with E-state index in [4.69, 9.17) is 0 Å². The molecule has 1 saturated heterocycles. The van der Waals surface area contributed by atoms with Crippen LogP contribution in [0.4, 0.5) is 8.78 Å². The molecule has 29 heavy (non-hydrogen) atoms. The van der Waals surface area contributed by atoms with Crippen molar-refractivity contribution in [1.29, 1.82) is 0 Å². The summed E-state index contributed by atoms with van der Waals surface area (Å²) in [6.07, 6.45) is 0.182. The largest absolute Gasteiger partial charge is 0.435 e. The fraction of sp³-hybridized carbons (Fsp3) is 0.409. The second kappa shape index (κ2) is 10.3. The summed E-state index contributed by atoms with van der Waals surface area (Å²) in [5, 5.41) is 3.14. The number of halogens is 2. The molecule has 0 radical (unpaired) electrons. The standard InChI is InChI=1S/C22H27F2N3O2/c1-26-11-13-27(14-12-26)16-20(18-5-3-2-4-6-18)25-21(28)15-17-7-9-19(10-8-17)29-22(23)24/h2-10,20,22H,11-16H2,1H3,(H,25,28). The van der Waals surface area contributed by atoms with Crippen LogP contribution in [0, 0.1) is 0 Å². The van der Waals surface area contributed by atoms with E-state index in [1.807, 2.05) is 30.3 Å². The normalized spacial score (nSPS) is 16.6. The summed E-state index contributed by atoms with van der Waals surface area (Å²) in [7, 11) is 2.12. The highest BCUT2D eigenvalue weighted by Gasteiger charge is 2.21. The van der Waals surface area contributed by atoms with Crippen molar-refractivity contribution in [3.8, 4) is 5.75 Å². The van der Waals surface area contributed by atoms with E-state index in [2.05, 4.69) is 26.9 Å². The molecule has 1 heterocycles. The van der Waals surface area contributed by atoms with Crippen molar-refractivity contribution in [3.63, 3.8) is 0 Å². The third kappa shape index (κ3) is 6.80. The van der Waals surface area contributed by atoms with E-state index in [0.717, 1.165) is 43.9 Å². The Bertz CT molecular complexity index is 763. The molecule has 1 fully saturated rings. The minimum absolute atomic E-state index is 0.0846. The van der Waals surface area contributed by atoms with E-state index in [1.165, 1.54) is 12.1 Å². The quantitative estimate of drug-likeness (QED) is 0.736. The number of amides is 1. The van der Waals surface area contributed by atoms with Crippen LogP contribution in [-0.4, -0.2) is 62.1 Å². The van der Waals surface area contributed by atoms with E-state index in [0.29, 0.717) is 0 Å². The Kier molecular flexibility index (Phi) is 7.55. The molecule has 0 bridgehead atoms. The van der Waals surface area contributed by atoms with Gasteiger partial charge in [0.1, 0.15) is 5.75 Å². The van der Waals surface area contributed by atoms with Crippen molar-refractivity contribution in [2.75, 3.05) is 39.8 Å². The lowest BCUT2D eigenvalue weighted by Crippen LogP contribution is -2.48. The molecule has 1 aliphatic heterocycles. The van der Waals surface area contributed by atoms with Gasteiger partial charge in [0, 0.05) is 32.7 Å². The van der Waals surface area contributed by atoms with Crippen LogP contribution in [0.15, 0.2) is 54.6 Å². The summed E-state index contributed by atoms with van der Waals surface area (Å²) in [5.74, 6) is -0.0168. The lowest BCUT2D eigenvalue weighted by molar-refractivity contribution is -0.121. The molecule has 7 heteroatoms. The van der Waals surface area contributed by atoms with Gasteiger partial charge >= 0.3 is 6.61 Å². The van der Waals surface area contributed by atoms with Crippen molar-refractivity contribution >= 4 is 5.91 Å². The van der Waals surface area contributed by atoms with E-state index >= 15 is 0 Å². The Hall–Kier alpha value is -2.51. The van der Waals surface area contributed by atoms with E-state index < -0.39 is 6.61 Å². The zero-order valence-corrected chi connectivity index (χ0v) is 16.6. The van der Waals surface area contributed by atoms with Gasteiger partial charge in [-0.15, -0.1) is 0 Å². The fourth-order valence-corrected chi connectivity index (χ4v) is 3.43. The van der Waals surface area contributed by atoms with Gasteiger partial charge in [0.2, 0.25) is 5.91 Å². The van der Waals surface area contributed by atoms with E-state index in [-0.39, 0.29) is 24.1 Å². The van der Waals surface area contributed by atoms with Gasteiger partial charge in [-0.25, -0.2) is 0 Å². The lowest BCUT2D eigenvalue weighted by Gasteiger charge is -2.35. The molecule has 2 aromatic carbocycles. The highest BCUT2D eigenvalue weighted by Crippen LogP contribution is 2.18. The van der Waals surface area contributed by atoms with Crippen molar-refractivity contribution in [2.24, 2.45) is 0 Å². The summed E-state index contributed by atoms with van der Waals surface area (Å²) in [5.41, 5.74) is 1.82. The molecule has 1 unspecified atom stereocenters. The number of piperazine rings is 1. The Balaban J connectivity index is 1.61. The highest BCUT2D eigenvalue weighted by atomic mass is 19.3. The summed E-state index contributed by atoms with van der Waals surface area (Å²) in [4.78, 5) is 17.3. The number of likely N-dealkylation sites (N-methyl/N-ethyl adjacent to an activating group) is 1. The Morgan fingerprint density at radius 2 is 1.69 bits per heavy atom. The average Bonchev–Trinajstić information content (AvgIpc) is 2.71. The van der Waals surface area contributed by atoms with Gasteiger partial charge in [-0.05, 0) is 30.3 Å². The molecule has 1 atom stereocenters. The van der Waals surface area contributed by atoms with Gasteiger partial charge in [0.15, 0.2) is 0 Å². The van der Waals surface area contributed by atoms with E-state index in [9.17, 15) is 13.6 Å². The van der Waals surface area contributed by atoms with Crippen LogP contribution in [0.2, 0.25) is 0 Å². The van der Waals surface area contributed by atoms with Crippen LogP contribution in [0.1, 0.15) is 17.2 Å². The number of carbonyl (C=O) groups is 1. The maximum Gasteiger partial charge on any atom is 0.387 e. The van der Waals surface area contributed by atoms with Crippen molar-refractivity contribution in [3.05, 3.63) is 65.7 Å². The van der Waals surface area contributed by atoms with Gasteiger partial charge in [-0.2, -0.15) is 8.78 Å². The number of benzene rings is 2. The smallest absolute Gasteiger partial charge is 0.387 e. The van der Waals surface area contributed by atoms with Gasteiger partial charge in [0.05, 0.1) is 12.5 Å². The predicted octanol–water partition coefficient (Wildman–Crippen LogP) is 2.94. The minimum atomic E-state index is -2.86. The average molecular weight is 403 g/mol. The van der Waals surface area contributed by atoms with Crippen molar-refractivity contribution in [2.45, 2.75) is 19.1 Å². The van der Waals surface area contributed by atoms with Crippen molar-refractivity contribution in [1.82, 2.24) is 15.1 Å².